The number of nitrogens with one attached hydrogen (secondary N) is 1. The molecule has 0 fully saturated rings. The molecule has 0 aromatic heterocycles. The van der Waals surface area contributed by atoms with Crippen molar-refractivity contribution in [3.8, 4) is 0 Å². The lowest BCUT2D eigenvalue weighted by Gasteiger charge is -2.11. The fourth-order valence-corrected chi connectivity index (χ4v) is 2.41. The van der Waals surface area contributed by atoms with Crippen molar-refractivity contribution in [3.05, 3.63) is 62.9 Å². The Morgan fingerprint density at radius 2 is 1.74 bits per heavy atom. The molecule has 0 spiro atoms. The van der Waals surface area contributed by atoms with E-state index in [1.165, 1.54) is 22.8 Å². The van der Waals surface area contributed by atoms with Crippen molar-refractivity contribution < 1.29 is 4.39 Å². The number of rotatable bonds is 3. The topological polar surface area (TPSA) is 12.0 Å². The van der Waals surface area contributed by atoms with Gasteiger partial charge in [-0.15, -0.1) is 0 Å². The van der Waals surface area contributed by atoms with Gasteiger partial charge >= 0.3 is 0 Å². The molecule has 0 aliphatic carbocycles. The third-order valence-electron chi connectivity index (χ3n) is 3.32. The summed E-state index contributed by atoms with van der Waals surface area (Å²) in [6.07, 6.45) is 0. The number of anilines is 1. The van der Waals surface area contributed by atoms with Crippen LogP contribution in [0.1, 0.15) is 22.3 Å². The zero-order chi connectivity index (χ0) is 14.0. The number of benzene rings is 2. The van der Waals surface area contributed by atoms with E-state index in [4.69, 9.17) is 0 Å². The van der Waals surface area contributed by atoms with Gasteiger partial charge in [-0.2, -0.15) is 0 Å². The highest BCUT2D eigenvalue weighted by atomic mass is 79.9. The molecular weight excluding hydrogens is 305 g/mol. The van der Waals surface area contributed by atoms with Crippen molar-refractivity contribution in [2.75, 3.05) is 5.32 Å². The summed E-state index contributed by atoms with van der Waals surface area (Å²) in [4.78, 5) is 0. The molecule has 2 aromatic rings. The summed E-state index contributed by atoms with van der Waals surface area (Å²) < 4.78 is 14.0. The average molecular weight is 322 g/mol. The lowest BCUT2D eigenvalue weighted by atomic mass is 10.1. The van der Waals surface area contributed by atoms with Crippen LogP contribution in [-0.4, -0.2) is 0 Å². The second-order valence-electron chi connectivity index (χ2n) is 4.85. The van der Waals surface area contributed by atoms with E-state index in [1.54, 1.807) is 6.07 Å². The fraction of sp³-hybridized carbons (Fsp3) is 0.250. The van der Waals surface area contributed by atoms with Crippen LogP contribution in [-0.2, 0) is 6.54 Å². The Balaban J connectivity index is 2.14. The molecule has 2 aromatic carbocycles. The van der Waals surface area contributed by atoms with E-state index in [0.717, 1.165) is 11.3 Å². The van der Waals surface area contributed by atoms with E-state index in [-0.39, 0.29) is 5.82 Å². The van der Waals surface area contributed by atoms with E-state index >= 15 is 0 Å². The fourth-order valence-electron chi connectivity index (χ4n) is 1.95. The highest BCUT2D eigenvalue weighted by molar-refractivity contribution is 9.10. The van der Waals surface area contributed by atoms with Gasteiger partial charge in [-0.1, -0.05) is 18.2 Å². The molecule has 3 heteroatoms. The Morgan fingerprint density at radius 3 is 2.42 bits per heavy atom. The average Bonchev–Trinajstić information content (AvgIpc) is 2.36. The zero-order valence-electron chi connectivity index (χ0n) is 11.3. The van der Waals surface area contributed by atoms with Gasteiger partial charge in [0.15, 0.2) is 0 Å². The standard InChI is InChI=1S/C16H17BrFN/c1-10-4-5-13(6-11(10)2)9-19-16-8-15(18)14(17)7-12(16)3/h4-8,19H,9H2,1-3H3. The van der Waals surface area contributed by atoms with Gasteiger partial charge in [0.05, 0.1) is 4.47 Å². The predicted octanol–water partition coefficient (Wildman–Crippen LogP) is 5.13. The van der Waals surface area contributed by atoms with Gasteiger partial charge in [-0.05, 0) is 71.1 Å². The van der Waals surface area contributed by atoms with E-state index < -0.39 is 0 Å². The predicted molar refractivity (Wildman–Crippen MR) is 82.1 cm³/mol. The normalized spacial score (nSPS) is 10.6. The van der Waals surface area contributed by atoms with E-state index in [0.29, 0.717) is 11.0 Å². The summed E-state index contributed by atoms with van der Waals surface area (Å²) >= 11 is 3.19. The number of aryl methyl sites for hydroxylation is 3. The van der Waals surface area contributed by atoms with E-state index in [1.807, 2.05) is 6.92 Å². The molecule has 0 amide bonds. The molecule has 0 atom stereocenters. The summed E-state index contributed by atoms with van der Waals surface area (Å²) in [6, 6.07) is 9.69. The molecule has 1 N–H and O–H groups in total. The highest BCUT2D eigenvalue weighted by Gasteiger charge is 2.05. The molecule has 0 radical (unpaired) electrons. The quantitative estimate of drug-likeness (QED) is 0.826. The van der Waals surface area contributed by atoms with Crippen LogP contribution in [0.4, 0.5) is 10.1 Å². The van der Waals surface area contributed by atoms with E-state index in [9.17, 15) is 4.39 Å². The Hall–Kier alpha value is -1.35. The smallest absolute Gasteiger partial charge is 0.139 e. The monoisotopic (exact) mass is 321 g/mol. The van der Waals surface area contributed by atoms with Crippen molar-refractivity contribution in [2.24, 2.45) is 0 Å². The van der Waals surface area contributed by atoms with Crippen molar-refractivity contribution >= 4 is 21.6 Å². The molecule has 0 unspecified atom stereocenters. The Kier molecular flexibility index (Phi) is 4.25. The maximum Gasteiger partial charge on any atom is 0.139 e. The van der Waals surface area contributed by atoms with Gasteiger partial charge in [0.25, 0.3) is 0 Å². The molecule has 0 aliphatic heterocycles. The summed E-state index contributed by atoms with van der Waals surface area (Å²) in [5.41, 5.74) is 5.62. The molecule has 0 saturated heterocycles. The van der Waals surface area contributed by atoms with Gasteiger partial charge in [0.1, 0.15) is 5.82 Å². The first-order valence-corrected chi connectivity index (χ1v) is 7.02. The lowest BCUT2D eigenvalue weighted by molar-refractivity contribution is 0.621. The van der Waals surface area contributed by atoms with Gasteiger partial charge in [-0.25, -0.2) is 4.39 Å². The highest BCUT2D eigenvalue weighted by Crippen LogP contribution is 2.24. The number of hydrogen-bond acceptors (Lipinski definition) is 1. The first-order valence-electron chi connectivity index (χ1n) is 6.23. The molecule has 0 bridgehead atoms. The third-order valence-corrected chi connectivity index (χ3v) is 3.93. The molecule has 0 heterocycles. The minimum absolute atomic E-state index is 0.242. The van der Waals surface area contributed by atoms with Gasteiger partial charge in [0.2, 0.25) is 0 Å². The molecule has 19 heavy (non-hydrogen) atoms. The van der Waals surface area contributed by atoms with Crippen molar-refractivity contribution in [1.29, 1.82) is 0 Å². The maximum absolute atomic E-state index is 13.5. The maximum atomic E-state index is 13.5. The molecule has 100 valence electrons. The SMILES string of the molecule is Cc1ccc(CNc2cc(F)c(Br)cc2C)cc1C. The van der Waals surface area contributed by atoms with Crippen LogP contribution in [0.2, 0.25) is 0 Å². The van der Waals surface area contributed by atoms with Crippen molar-refractivity contribution in [3.63, 3.8) is 0 Å². The van der Waals surface area contributed by atoms with Crippen LogP contribution >= 0.6 is 15.9 Å². The van der Waals surface area contributed by atoms with Crippen molar-refractivity contribution in [2.45, 2.75) is 27.3 Å². The minimum Gasteiger partial charge on any atom is -0.381 e. The first-order chi connectivity index (χ1) is 8.97. The van der Waals surface area contributed by atoms with Crippen molar-refractivity contribution in [1.82, 2.24) is 0 Å². The molecule has 0 saturated carbocycles. The third kappa shape index (κ3) is 3.35. The van der Waals surface area contributed by atoms with Crippen LogP contribution in [0.15, 0.2) is 34.8 Å². The summed E-state index contributed by atoms with van der Waals surface area (Å²) in [5.74, 6) is -0.242. The zero-order valence-corrected chi connectivity index (χ0v) is 12.9. The minimum atomic E-state index is -0.242. The van der Waals surface area contributed by atoms with E-state index in [2.05, 4.69) is 53.3 Å². The van der Waals surface area contributed by atoms with Gasteiger partial charge in [0, 0.05) is 12.2 Å². The Bertz CT molecular complexity index is 608. The number of hydrogen-bond donors (Lipinski definition) is 1. The first kappa shape index (κ1) is 14.1. The van der Waals surface area contributed by atoms with Crippen LogP contribution in [0.3, 0.4) is 0 Å². The lowest BCUT2D eigenvalue weighted by Crippen LogP contribution is -2.02. The molecule has 2 rings (SSSR count). The van der Waals surface area contributed by atoms with Gasteiger partial charge in [-0.3, -0.25) is 0 Å². The summed E-state index contributed by atoms with van der Waals surface area (Å²) in [6.45, 7) is 6.86. The molecule has 1 nitrogen and oxygen atoms in total. The Morgan fingerprint density at radius 1 is 1.00 bits per heavy atom. The summed E-state index contributed by atoms with van der Waals surface area (Å²) in [5, 5.41) is 3.28. The Labute approximate surface area is 122 Å². The van der Waals surface area contributed by atoms with Crippen LogP contribution in [0.5, 0.6) is 0 Å². The second-order valence-corrected chi connectivity index (χ2v) is 5.71. The van der Waals surface area contributed by atoms with Crippen LogP contribution in [0, 0.1) is 26.6 Å². The van der Waals surface area contributed by atoms with Gasteiger partial charge < -0.3 is 5.32 Å². The van der Waals surface area contributed by atoms with Crippen LogP contribution < -0.4 is 5.32 Å². The molecule has 0 aliphatic rings. The van der Waals surface area contributed by atoms with Crippen LogP contribution in [0.25, 0.3) is 0 Å². The summed E-state index contributed by atoms with van der Waals surface area (Å²) in [7, 11) is 0. The number of halogens is 2. The largest absolute Gasteiger partial charge is 0.381 e. The molecular formula is C16H17BrFN. The second kappa shape index (κ2) is 5.74.